The van der Waals surface area contributed by atoms with Crippen LogP contribution >= 0.6 is 0 Å². The molecule has 3 aromatic rings. The molecule has 3 fully saturated rings. The topological polar surface area (TPSA) is 214 Å². The summed E-state index contributed by atoms with van der Waals surface area (Å²) < 4.78 is 86.2. The second-order valence-corrected chi connectivity index (χ2v) is 21.3. The summed E-state index contributed by atoms with van der Waals surface area (Å²) >= 11 is 0. The molecule has 20 heteroatoms. The van der Waals surface area contributed by atoms with Crippen molar-refractivity contribution in [2.45, 2.75) is 152 Å². The van der Waals surface area contributed by atoms with Gasteiger partial charge in [0.1, 0.15) is 35.2 Å². The SMILES string of the molecule is COc1ccc2c(O[C@@H]3C[C@H]4C(=O)N[C@]5(C(=O)NS(=O)(=O)C6(C)CC6)C[C@H]5/C=C\CC[C@@H](C)O[C@@H](C)[C@H](NC(=O)OC(C)(C)C(C)(F)F)C(=O)N4C3)nc(-c3ccc(OC(C)C)cn3)cc2c1.[HH].[HH].[HH]. The van der Waals surface area contributed by atoms with Crippen LogP contribution in [0.15, 0.2) is 54.7 Å². The molecule has 4 aliphatic rings. The highest BCUT2D eigenvalue weighted by Crippen LogP contribution is 2.48. The fourth-order valence-electron chi connectivity index (χ4n) is 8.17. The van der Waals surface area contributed by atoms with Gasteiger partial charge >= 0.3 is 6.09 Å². The highest BCUT2D eigenvalue weighted by atomic mass is 32.2. The lowest BCUT2D eigenvalue weighted by Crippen LogP contribution is -2.60. The summed E-state index contributed by atoms with van der Waals surface area (Å²) in [6.45, 7) is 11.0. The first-order valence-corrected chi connectivity index (χ1v) is 24.0. The summed E-state index contributed by atoms with van der Waals surface area (Å²) in [4.78, 5) is 67.9. The van der Waals surface area contributed by atoms with E-state index in [1.54, 1.807) is 56.5 Å². The number of carbonyl (C=O) groups is 4. The van der Waals surface area contributed by atoms with Gasteiger partial charge in [0.2, 0.25) is 27.7 Å². The number of amides is 4. The molecule has 2 aliphatic heterocycles. The maximum atomic E-state index is 15.0. The van der Waals surface area contributed by atoms with Crippen molar-refractivity contribution in [1.29, 1.82) is 0 Å². The van der Waals surface area contributed by atoms with E-state index in [1.165, 1.54) is 18.9 Å². The summed E-state index contributed by atoms with van der Waals surface area (Å²) in [6.07, 6.45) is 2.73. The largest absolute Gasteiger partial charge is 0.497 e. The predicted molar refractivity (Wildman–Crippen MR) is 248 cm³/mol. The molecule has 2 aliphatic carbocycles. The molecule has 17 nitrogen and oxygen atoms in total. The summed E-state index contributed by atoms with van der Waals surface area (Å²) in [7, 11) is -2.57. The van der Waals surface area contributed by atoms with Crippen LogP contribution in [0.1, 0.15) is 98.2 Å². The van der Waals surface area contributed by atoms with Crippen molar-refractivity contribution in [3.05, 3.63) is 54.7 Å². The molecule has 1 saturated heterocycles. The number of aromatic nitrogens is 2. The van der Waals surface area contributed by atoms with Crippen molar-refractivity contribution in [1.82, 2.24) is 30.2 Å². The molecule has 1 aromatic carbocycles. The maximum Gasteiger partial charge on any atom is 0.408 e. The first-order valence-electron chi connectivity index (χ1n) is 22.5. The highest BCUT2D eigenvalue weighted by Gasteiger charge is 2.63. The number of hydrogen-bond acceptors (Lipinski definition) is 13. The number of rotatable bonds is 12. The van der Waals surface area contributed by atoms with Gasteiger partial charge in [-0.15, -0.1) is 0 Å². The Kier molecular flexibility index (Phi) is 13.6. The van der Waals surface area contributed by atoms with Crippen molar-refractivity contribution in [2.75, 3.05) is 13.7 Å². The Morgan fingerprint density at radius 2 is 1.78 bits per heavy atom. The number of allylic oxidation sites excluding steroid dienone is 1. The van der Waals surface area contributed by atoms with Crippen LogP contribution < -0.4 is 29.6 Å². The molecule has 7 atom stereocenters. The lowest BCUT2D eigenvalue weighted by Gasteiger charge is -2.35. The number of alkyl halides is 2. The van der Waals surface area contributed by atoms with Gasteiger partial charge in [-0.05, 0) is 122 Å². The van der Waals surface area contributed by atoms with Gasteiger partial charge in [0.25, 0.3) is 11.8 Å². The summed E-state index contributed by atoms with van der Waals surface area (Å²) in [5.74, 6) is -5.35. The number of nitrogens with zero attached hydrogens (tertiary/aromatic N) is 3. The third kappa shape index (κ3) is 10.6. The van der Waals surface area contributed by atoms with Crippen molar-refractivity contribution >= 4 is 44.6 Å². The van der Waals surface area contributed by atoms with Gasteiger partial charge in [0.05, 0.1) is 54.3 Å². The van der Waals surface area contributed by atoms with Gasteiger partial charge < -0.3 is 39.2 Å². The number of fused-ring (bicyclic) bond motifs is 3. The Balaban J connectivity index is 0.00000355. The lowest BCUT2D eigenvalue weighted by molar-refractivity contribution is -0.153. The number of ether oxygens (including phenoxy) is 5. The van der Waals surface area contributed by atoms with Gasteiger partial charge in [0.15, 0.2) is 5.60 Å². The van der Waals surface area contributed by atoms with E-state index in [0.717, 1.165) is 13.8 Å². The normalized spacial score (nSPS) is 27.1. The number of methoxy groups -OCH3 is 1. The number of alkyl carbamates (subject to hydrolysis) is 1. The highest BCUT2D eigenvalue weighted by molar-refractivity contribution is 7.91. The number of halogens is 2. The Hall–Kier alpha value is -5.63. The van der Waals surface area contributed by atoms with Gasteiger partial charge in [-0.1, -0.05) is 12.2 Å². The monoisotopic (exact) mass is 960 g/mol. The van der Waals surface area contributed by atoms with Crippen LogP contribution in [0, 0.1) is 5.92 Å². The fourth-order valence-corrected chi connectivity index (χ4v) is 9.48. The summed E-state index contributed by atoms with van der Waals surface area (Å²) in [5, 5.41) is 6.51. The van der Waals surface area contributed by atoms with E-state index in [0.29, 0.717) is 66.3 Å². The number of nitrogens with one attached hydrogen (secondary N) is 3. The minimum Gasteiger partial charge on any atom is -0.497 e. The van der Waals surface area contributed by atoms with E-state index in [1.807, 2.05) is 26.0 Å². The van der Waals surface area contributed by atoms with Crippen LogP contribution in [-0.4, -0.2) is 119 Å². The Bertz CT molecular complexity index is 2550. The summed E-state index contributed by atoms with van der Waals surface area (Å²) in [5.41, 5.74) is -3.05. The number of benzene rings is 1. The molecule has 0 bridgehead atoms. The third-order valence-electron chi connectivity index (χ3n) is 13.1. The average molecular weight is 961 g/mol. The maximum absolute atomic E-state index is 15.0. The Morgan fingerprint density at radius 3 is 2.42 bits per heavy atom. The second kappa shape index (κ2) is 18.5. The second-order valence-electron chi connectivity index (χ2n) is 19.2. The minimum atomic E-state index is -4.11. The van der Waals surface area contributed by atoms with Crippen LogP contribution in [0.5, 0.6) is 17.4 Å². The summed E-state index contributed by atoms with van der Waals surface area (Å²) in [6, 6.07) is 7.65. The molecule has 0 unspecified atom stereocenters. The number of carbonyl (C=O) groups excluding carboxylic acids is 4. The zero-order valence-corrected chi connectivity index (χ0v) is 40.0. The van der Waals surface area contributed by atoms with Crippen molar-refractivity contribution in [3.8, 4) is 28.8 Å². The quantitative estimate of drug-likeness (QED) is 0.161. The Morgan fingerprint density at radius 1 is 1.06 bits per heavy atom. The molecule has 0 radical (unpaired) electrons. The van der Waals surface area contributed by atoms with Crippen LogP contribution in [0.2, 0.25) is 0 Å². The number of pyridine rings is 2. The standard InChI is InChI=1S/C47H60F2N6O11S.3H2/c1-26(2)63-32-15-17-35(50-24-32)36-21-29-20-31(62-9)14-16-34(29)40(51-36)65-33-22-37-39(56)53-47(42(58)54-67(60,61)45(7)18-19-45)23-30(47)13-11-10-12-27(3)64-28(4)38(41(57)55(37)25-33)52-43(59)66-44(5,6)46(8,48)49;;;/h11,13-17,20-21,24,26-28,30,33,37-38H,10,12,18-19,22-23,25H2,1-9H3,(H,52,59)(H,53,56)(H,54,58);3*1H/b13-11-;;;/t27-,28+,30-,33-,37+,38+,47-;;;/m1.../s1. The zero-order valence-electron chi connectivity index (χ0n) is 39.2. The average Bonchev–Trinajstić information content (AvgIpc) is 4.13. The first-order chi connectivity index (χ1) is 31.3. The fraction of sp³-hybridized carbons (Fsp3) is 0.574. The molecule has 370 valence electrons. The number of hydrogen-bond donors (Lipinski definition) is 3. The van der Waals surface area contributed by atoms with Crippen LogP contribution in [-0.2, 0) is 33.9 Å². The molecule has 67 heavy (non-hydrogen) atoms. The molecule has 3 N–H and O–H groups in total. The van der Waals surface area contributed by atoms with Gasteiger partial charge in [0, 0.05) is 28.9 Å². The molecule has 4 amide bonds. The smallest absolute Gasteiger partial charge is 0.408 e. The van der Waals surface area contributed by atoms with Crippen LogP contribution in [0.3, 0.4) is 0 Å². The zero-order chi connectivity index (χ0) is 48.9. The van der Waals surface area contributed by atoms with Gasteiger partial charge in [-0.2, -0.15) is 0 Å². The van der Waals surface area contributed by atoms with E-state index in [2.05, 4.69) is 20.3 Å². The van der Waals surface area contributed by atoms with Crippen molar-refractivity contribution < 1.29 is 64.3 Å². The van der Waals surface area contributed by atoms with E-state index in [9.17, 15) is 31.6 Å². The number of sulfonamides is 1. The molecule has 7 rings (SSSR count). The van der Waals surface area contributed by atoms with Gasteiger partial charge in [-0.25, -0.2) is 27.0 Å². The van der Waals surface area contributed by atoms with Crippen LogP contribution in [0.25, 0.3) is 22.2 Å². The molecule has 4 heterocycles. The van der Waals surface area contributed by atoms with E-state index < -0.39 is 92.0 Å². The lowest BCUT2D eigenvalue weighted by atomic mass is 10.0. The minimum absolute atomic E-state index is 0. The van der Waals surface area contributed by atoms with E-state index >= 15 is 4.79 Å². The molecular formula is C47H66F2N6O11S. The van der Waals surface area contributed by atoms with E-state index in [-0.39, 0.29) is 35.7 Å². The van der Waals surface area contributed by atoms with Gasteiger partial charge in [-0.3, -0.25) is 24.1 Å². The molecule has 0 spiro atoms. The van der Waals surface area contributed by atoms with Crippen LogP contribution in [0.4, 0.5) is 13.6 Å². The molecular weight excluding hydrogens is 895 g/mol. The first kappa shape index (κ1) is 49.3. The van der Waals surface area contributed by atoms with Crippen molar-refractivity contribution in [3.63, 3.8) is 0 Å². The molecule has 2 saturated carbocycles. The predicted octanol–water partition coefficient (Wildman–Crippen LogP) is 6.72. The van der Waals surface area contributed by atoms with Crippen molar-refractivity contribution in [2.24, 2.45) is 5.92 Å². The Labute approximate surface area is 393 Å². The van der Waals surface area contributed by atoms with E-state index in [4.69, 9.17) is 28.7 Å². The molecule has 2 aromatic heterocycles. The third-order valence-corrected chi connectivity index (χ3v) is 15.2.